The molecule has 0 spiro atoms. The molecule has 31 heavy (non-hydrogen) atoms. The van der Waals surface area contributed by atoms with Gasteiger partial charge in [0.1, 0.15) is 29.0 Å². The molecular weight excluding hydrogens is 408 g/mol. The topological polar surface area (TPSA) is 98.5 Å². The Balaban J connectivity index is 1.55. The Morgan fingerprint density at radius 1 is 1.32 bits per heavy atom. The summed E-state index contributed by atoms with van der Waals surface area (Å²) < 4.78 is 41.3. The summed E-state index contributed by atoms with van der Waals surface area (Å²) in [6.07, 6.45) is 1.94. The number of nitrogens with zero attached hydrogens (tertiary/aromatic N) is 5. The van der Waals surface area contributed by atoms with Gasteiger partial charge in [0.25, 0.3) is 0 Å². The Bertz CT molecular complexity index is 1120. The number of anilines is 1. The highest BCUT2D eigenvalue weighted by Gasteiger charge is 2.40. The molecule has 2 aliphatic heterocycles. The van der Waals surface area contributed by atoms with Gasteiger partial charge in [-0.05, 0) is 19.9 Å². The van der Waals surface area contributed by atoms with Crippen LogP contribution in [0.5, 0.6) is 5.75 Å². The van der Waals surface area contributed by atoms with Crippen LogP contribution < -0.4 is 15.4 Å². The van der Waals surface area contributed by atoms with Crippen molar-refractivity contribution in [2.45, 2.75) is 31.0 Å². The van der Waals surface area contributed by atoms with Crippen molar-refractivity contribution in [2.75, 3.05) is 38.7 Å². The summed E-state index contributed by atoms with van der Waals surface area (Å²) in [6.45, 7) is 4.13. The first-order chi connectivity index (χ1) is 15.0. The van der Waals surface area contributed by atoms with E-state index < -0.39 is 18.0 Å². The fourth-order valence-electron chi connectivity index (χ4n) is 3.93. The van der Waals surface area contributed by atoms with Gasteiger partial charge in [0, 0.05) is 12.6 Å². The molecular formula is C20H23F2N7O2. The zero-order valence-corrected chi connectivity index (χ0v) is 17.2. The summed E-state index contributed by atoms with van der Waals surface area (Å²) in [5, 5.41) is 10.8. The Morgan fingerprint density at radius 2 is 2.16 bits per heavy atom. The van der Waals surface area contributed by atoms with Crippen LogP contribution in [0.2, 0.25) is 0 Å². The van der Waals surface area contributed by atoms with Crippen LogP contribution in [-0.2, 0) is 10.2 Å². The first-order valence-corrected chi connectivity index (χ1v) is 10.1. The minimum absolute atomic E-state index is 0.0304. The predicted octanol–water partition coefficient (Wildman–Crippen LogP) is 1.73. The molecule has 3 aromatic heterocycles. The summed E-state index contributed by atoms with van der Waals surface area (Å²) in [6, 6.07) is 1.27. The Morgan fingerprint density at radius 3 is 2.87 bits per heavy atom. The number of rotatable bonds is 5. The molecule has 5 rings (SSSR count). The average molecular weight is 431 g/mol. The molecule has 0 bridgehead atoms. The van der Waals surface area contributed by atoms with Gasteiger partial charge in [-0.3, -0.25) is 0 Å². The minimum atomic E-state index is -1.03. The third kappa shape index (κ3) is 3.47. The lowest BCUT2D eigenvalue weighted by Crippen LogP contribution is -2.46. The third-order valence-electron chi connectivity index (χ3n) is 5.79. The van der Waals surface area contributed by atoms with Crippen LogP contribution in [0.15, 0.2) is 18.5 Å². The Hall–Kier alpha value is -2.92. The van der Waals surface area contributed by atoms with Crippen LogP contribution in [0, 0.1) is 5.82 Å². The number of hydrogen-bond donors (Lipinski definition) is 2. The van der Waals surface area contributed by atoms with Crippen LogP contribution in [0.1, 0.15) is 19.0 Å². The molecule has 0 unspecified atom stereocenters. The number of ether oxygens (including phenoxy) is 2. The van der Waals surface area contributed by atoms with Gasteiger partial charge in [-0.1, -0.05) is 0 Å². The second kappa shape index (κ2) is 7.65. The van der Waals surface area contributed by atoms with E-state index in [-0.39, 0.29) is 17.1 Å². The molecule has 2 aliphatic rings. The van der Waals surface area contributed by atoms with Crippen molar-refractivity contribution < 1.29 is 18.3 Å². The summed E-state index contributed by atoms with van der Waals surface area (Å²) in [7, 11) is 1.57. The van der Waals surface area contributed by atoms with Crippen LogP contribution in [0.3, 0.4) is 0 Å². The molecule has 9 nitrogen and oxygen atoms in total. The fraction of sp³-hybridized carbons (Fsp3) is 0.500. The standard InChI is InChI=1S/C20H23F2N7O2/c1-20(9-31-10-20)18-15(30-2)5-16-24-8-14(29(16)28-18)17-12(22)6-25-19(27-17)26-13-7-23-4-3-11(13)21/h5-6,8,11,13,23H,3-4,7,9-10H2,1-2H3,(H,25,26,27)/t11-,13-/m0/s1. The molecule has 11 heteroatoms. The lowest BCUT2D eigenvalue weighted by molar-refractivity contribution is -0.0535. The van der Waals surface area contributed by atoms with E-state index in [1.807, 2.05) is 6.92 Å². The number of alkyl halides is 1. The monoisotopic (exact) mass is 431 g/mol. The van der Waals surface area contributed by atoms with Crippen molar-refractivity contribution in [3.63, 3.8) is 0 Å². The molecule has 2 saturated heterocycles. The number of nitrogens with one attached hydrogen (secondary N) is 2. The van der Waals surface area contributed by atoms with E-state index in [1.54, 1.807) is 13.2 Å². The van der Waals surface area contributed by atoms with Gasteiger partial charge in [-0.2, -0.15) is 5.10 Å². The highest BCUT2D eigenvalue weighted by atomic mass is 19.1. The average Bonchev–Trinajstić information content (AvgIpc) is 3.16. The number of aromatic nitrogens is 5. The number of imidazole rings is 1. The van der Waals surface area contributed by atoms with E-state index in [0.717, 1.165) is 6.20 Å². The molecule has 2 fully saturated rings. The van der Waals surface area contributed by atoms with Crippen LogP contribution in [0.25, 0.3) is 17.0 Å². The maximum Gasteiger partial charge on any atom is 0.223 e. The minimum Gasteiger partial charge on any atom is -0.495 e. The highest BCUT2D eigenvalue weighted by Crippen LogP contribution is 2.37. The van der Waals surface area contributed by atoms with Crippen molar-refractivity contribution in [3.8, 4) is 17.1 Å². The lowest BCUT2D eigenvalue weighted by Gasteiger charge is -2.37. The van der Waals surface area contributed by atoms with Gasteiger partial charge in [0.15, 0.2) is 11.5 Å². The predicted molar refractivity (Wildman–Crippen MR) is 108 cm³/mol. The number of methoxy groups -OCH3 is 1. The first-order valence-electron chi connectivity index (χ1n) is 10.1. The number of fused-ring (bicyclic) bond motifs is 1. The first kappa shape index (κ1) is 20.0. The highest BCUT2D eigenvalue weighted by molar-refractivity contribution is 5.62. The van der Waals surface area contributed by atoms with Crippen LogP contribution >= 0.6 is 0 Å². The second-order valence-corrected chi connectivity index (χ2v) is 8.18. The summed E-state index contributed by atoms with van der Waals surface area (Å²) in [5.41, 5.74) is 1.29. The van der Waals surface area contributed by atoms with Crippen molar-refractivity contribution in [3.05, 3.63) is 30.0 Å². The van der Waals surface area contributed by atoms with E-state index in [2.05, 4.69) is 25.6 Å². The van der Waals surface area contributed by atoms with E-state index in [1.165, 1.54) is 10.7 Å². The maximum atomic E-state index is 14.7. The van der Waals surface area contributed by atoms with Crippen LogP contribution in [0.4, 0.5) is 14.7 Å². The Kier molecular flexibility index (Phi) is 4.94. The van der Waals surface area contributed by atoms with Crippen molar-refractivity contribution in [1.29, 1.82) is 0 Å². The second-order valence-electron chi connectivity index (χ2n) is 8.18. The van der Waals surface area contributed by atoms with Crippen molar-refractivity contribution in [2.24, 2.45) is 0 Å². The molecule has 0 radical (unpaired) electrons. The largest absolute Gasteiger partial charge is 0.495 e. The Labute approximate surface area is 177 Å². The maximum absolute atomic E-state index is 14.7. The van der Waals surface area contributed by atoms with E-state index in [4.69, 9.17) is 14.6 Å². The van der Waals surface area contributed by atoms with Crippen molar-refractivity contribution >= 4 is 11.6 Å². The molecule has 0 aromatic carbocycles. The zero-order chi connectivity index (χ0) is 21.6. The smallest absolute Gasteiger partial charge is 0.223 e. The van der Waals surface area contributed by atoms with Gasteiger partial charge in [0.05, 0.1) is 44.2 Å². The molecule has 2 N–H and O–H groups in total. The van der Waals surface area contributed by atoms with Crippen molar-refractivity contribution in [1.82, 2.24) is 29.9 Å². The quantitative estimate of drug-likeness (QED) is 0.630. The van der Waals surface area contributed by atoms with Gasteiger partial charge < -0.3 is 20.1 Å². The summed E-state index contributed by atoms with van der Waals surface area (Å²) in [5.74, 6) is 0.124. The molecule has 5 heterocycles. The number of hydrogen-bond acceptors (Lipinski definition) is 8. The van der Waals surface area contributed by atoms with E-state index >= 15 is 0 Å². The number of piperidine rings is 1. The molecule has 0 aliphatic carbocycles. The lowest BCUT2D eigenvalue weighted by atomic mass is 9.84. The van der Waals surface area contributed by atoms with E-state index in [9.17, 15) is 8.78 Å². The fourth-order valence-corrected chi connectivity index (χ4v) is 3.93. The molecule has 0 amide bonds. The van der Waals surface area contributed by atoms with Gasteiger partial charge >= 0.3 is 0 Å². The molecule has 3 aromatic rings. The van der Waals surface area contributed by atoms with Crippen LogP contribution in [-0.4, -0.2) is 70.2 Å². The third-order valence-corrected chi connectivity index (χ3v) is 5.79. The summed E-state index contributed by atoms with van der Waals surface area (Å²) >= 11 is 0. The normalized spacial score (nSPS) is 22.8. The number of halogens is 2. The zero-order valence-electron chi connectivity index (χ0n) is 17.2. The van der Waals surface area contributed by atoms with Gasteiger partial charge in [0.2, 0.25) is 5.95 Å². The van der Waals surface area contributed by atoms with Gasteiger partial charge in [-0.15, -0.1) is 0 Å². The van der Waals surface area contributed by atoms with E-state index in [0.29, 0.717) is 55.5 Å². The SMILES string of the molecule is COc1cc2ncc(-c3nc(N[C@H]4CNCC[C@@H]4F)ncc3F)n2nc1C1(C)COC1. The molecule has 164 valence electrons. The van der Waals surface area contributed by atoms with Gasteiger partial charge in [-0.25, -0.2) is 28.2 Å². The summed E-state index contributed by atoms with van der Waals surface area (Å²) in [4.78, 5) is 12.6. The molecule has 2 atom stereocenters. The molecule has 0 saturated carbocycles.